The Hall–Kier alpha value is -1.83. The van der Waals surface area contributed by atoms with Gasteiger partial charge in [0.2, 0.25) is 5.89 Å². The van der Waals surface area contributed by atoms with Crippen LogP contribution in [-0.2, 0) is 13.1 Å². The molecule has 0 saturated carbocycles. The Balaban J connectivity index is 1.36. The third kappa shape index (κ3) is 3.63. The Morgan fingerprint density at radius 1 is 1.04 bits per heavy atom. The number of thiazole rings is 1. The number of fused-ring (bicyclic) bond motifs is 1. The molecule has 2 aromatic heterocycles. The molecule has 3 aromatic rings. The van der Waals surface area contributed by atoms with Crippen molar-refractivity contribution < 1.29 is 4.52 Å². The number of hydrogen-bond donors (Lipinski definition) is 0. The van der Waals surface area contributed by atoms with E-state index in [0.29, 0.717) is 5.89 Å². The summed E-state index contributed by atoms with van der Waals surface area (Å²) < 4.78 is 6.34. The molecule has 4 rings (SSSR count). The summed E-state index contributed by atoms with van der Waals surface area (Å²) in [5.74, 6) is 1.42. The number of aromatic nitrogens is 3. The van der Waals surface area contributed by atoms with Gasteiger partial charge in [-0.25, -0.2) is 4.98 Å². The second-order valence-corrected chi connectivity index (χ2v) is 7.33. The van der Waals surface area contributed by atoms with Crippen LogP contribution in [0.15, 0.2) is 28.8 Å². The summed E-state index contributed by atoms with van der Waals surface area (Å²) in [5.41, 5.74) is 1.11. The molecule has 0 atom stereocenters. The van der Waals surface area contributed by atoms with Crippen LogP contribution in [0.3, 0.4) is 0 Å². The van der Waals surface area contributed by atoms with Crippen LogP contribution in [0.2, 0.25) is 0 Å². The summed E-state index contributed by atoms with van der Waals surface area (Å²) in [7, 11) is 0. The highest BCUT2D eigenvalue weighted by molar-refractivity contribution is 7.18. The number of nitrogens with zero attached hydrogens (tertiary/aromatic N) is 5. The molecule has 0 radical (unpaired) electrons. The minimum Gasteiger partial charge on any atom is -0.340 e. The standard InChI is InChI=1S/C17H21N5OS/c1-13-18-16(20-23-13)11-21-7-4-8-22(10-9-21)12-17-19-14-5-2-3-6-15(14)24-17/h2-3,5-6H,4,7-12H2,1H3. The normalized spacial score (nSPS) is 17.4. The smallest absolute Gasteiger partial charge is 0.223 e. The van der Waals surface area contributed by atoms with Gasteiger partial charge in [-0.05, 0) is 31.6 Å². The van der Waals surface area contributed by atoms with Gasteiger partial charge in [0, 0.05) is 20.0 Å². The van der Waals surface area contributed by atoms with E-state index in [9.17, 15) is 0 Å². The van der Waals surface area contributed by atoms with Gasteiger partial charge in [0.15, 0.2) is 5.82 Å². The third-order valence-electron chi connectivity index (χ3n) is 4.31. The molecule has 1 fully saturated rings. The molecule has 0 bridgehead atoms. The summed E-state index contributed by atoms with van der Waals surface area (Å²) in [5, 5.41) is 5.21. The highest BCUT2D eigenvalue weighted by Gasteiger charge is 2.18. The monoisotopic (exact) mass is 343 g/mol. The molecular formula is C17H21N5OS. The summed E-state index contributed by atoms with van der Waals surface area (Å²) >= 11 is 1.81. The second-order valence-electron chi connectivity index (χ2n) is 6.21. The lowest BCUT2D eigenvalue weighted by molar-refractivity contribution is 0.241. The maximum atomic E-state index is 5.06. The van der Waals surface area contributed by atoms with Crippen molar-refractivity contribution in [3.05, 3.63) is 41.0 Å². The van der Waals surface area contributed by atoms with Crippen LogP contribution in [0.1, 0.15) is 23.1 Å². The molecular weight excluding hydrogens is 322 g/mol. The maximum absolute atomic E-state index is 5.06. The highest BCUT2D eigenvalue weighted by atomic mass is 32.1. The molecule has 1 aliphatic heterocycles. The van der Waals surface area contributed by atoms with Crippen molar-refractivity contribution in [1.29, 1.82) is 0 Å². The molecule has 7 heteroatoms. The number of para-hydroxylation sites is 1. The lowest BCUT2D eigenvalue weighted by Crippen LogP contribution is -2.30. The topological polar surface area (TPSA) is 58.3 Å². The Labute approximate surface area is 145 Å². The van der Waals surface area contributed by atoms with E-state index in [1.807, 2.05) is 6.92 Å². The molecule has 0 aliphatic carbocycles. The average Bonchev–Trinajstić information content (AvgIpc) is 3.10. The van der Waals surface area contributed by atoms with Gasteiger partial charge in [-0.15, -0.1) is 11.3 Å². The second kappa shape index (κ2) is 6.96. The van der Waals surface area contributed by atoms with Gasteiger partial charge in [-0.2, -0.15) is 4.98 Å². The van der Waals surface area contributed by atoms with Gasteiger partial charge in [0.1, 0.15) is 5.01 Å². The highest BCUT2D eigenvalue weighted by Crippen LogP contribution is 2.23. The zero-order valence-corrected chi connectivity index (χ0v) is 14.6. The largest absolute Gasteiger partial charge is 0.340 e. The minimum atomic E-state index is 0.636. The van der Waals surface area contributed by atoms with Crippen molar-refractivity contribution in [2.75, 3.05) is 26.2 Å². The van der Waals surface area contributed by atoms with Gasteiger partial charge in [0.25, 0.3) is 0 Å². The van der Waals surface area contributed by atoms with E-state index in [4.69, 9.17) is 9.51 Å². The van der Waals surface area contributed by atoms with Crippen molar-refractivity contribution in [3.63, 3.8) is 0 Å². The molecule has 0 amide bonds. The van der Waals surface area contributed by atoms with Gasteiger partial charge in [-0.3, -0.25) is 9.80 Å². The quantitative estimate of drug-likeness (QED) is 0.726. The fraction of sp³-hybridized carbons (Fsp3) is 0.471. The summed E-state index contributed by atoms with van der Waals surface area (Å²) in [4.78, 5) is 14.0. The van der Waals surface area contributed by atoms with E-state index in [0.717, 1.165) is 57.0 Å². The molecule has 126 valence electrons. The van der Waals surface area contributed by atoms with Gasteiger partial charge in [-0.1, -0.05) is 17.3 Å². The Morgan fingerprint density at radius 3 is 2.58 bits per heavy atom. The first kappa shape index (κ1) is 15.7. The van der Waals surface area contributed by atoms with Crippen molar-refractivity contribution in [2.24, 2.45) is 0 Å². The molecule has 3 heterocycles. The summed E-state index contributed by atoms with van der Waals surface area (Å²) in [6.45, 7) is 7.80. The molecule has 1 aliphatic rings. The molecule has 0 N–H and O–H groups in total. The van der Waals surface area contributed by atoms with Crippen LogP contribution in [0.4, 0.5) is 0 Å². The number of rotatable bonds is 4. The molecule has 6 nitrogen and oxygen atoms in total. The van der Waals surface area contributed by atoms with Crippen LogP contribution in [0, 0.1) is 6.92 Å². The minimum absolute atomic E-state index is 0.636. The maximum Gasteiger partial charge on any atom is 0.223 e. The van der Waals surface area contributed by atoms with Gasteiger partial charge < -0.3 is 4.52 Å². The van der Waals surface area contributed by atoms with Crippen LogP contribution in [0.5, 0.6) is 0 Å². The third-order valence-corrected chi connectivity index (χ3v) is 5.33. The van der Waals surface area contributed by atoms with Crippen LogP contribution in [0.25, 0.3) is 10.2 Å². The van der Waals surface area contributed by atoms with Gasteiger partial charge >= 0.3 is 0 Å². The average molecular weight is 343 g/mol. The SMILES string of the molecule is Cc1nc(CN2CCCN(Cc3nc4ccccc4s3)CC2)no1. The predicted molar refractivity (Wildman–Crippen MR) is 93.8 cm³/mol. The lowest BCUT2D eigenvalue weighted by atomic mass is 10.3. The lowest BCUT2D eigenvalue weighted by Gasteiger charge is -2.19. The number of hydrogen-bond acceptors (Lipinski definition) is 7. The van der Waals surface area contributed by atoms with Crippen LogP contribution < -0.4 is 0 Å². The van der Waals surface area contributed by atoms with Gasteiger partial charge in [0.05, 0.1) is 23.3 Å². The Morgan fingerprint density at radius 2 is 1.83 bits per heavy atom. The summed E-state index contributed by atoms with van der Waals surface area (Å²) in [6.07, 6.45) is 1.15. The van der Waals surface area contributed by atoms with Crippen molar-refractivity contribution in [3.8, 4) is 0 Å². The predicted octanol–water partition coefficient (Wildman–Crippen LogP) is 2.70. The first-order chi connectivity index (χ1) is 11.8. The van der Waals surface area contributed by atoms with Crippen molar-refractivity contribution in [1.82, 2.24) is 24.9 Å². The first-order valence-corrected chi connectivity index (χ1v) is 9.16. The van der Waals surface area contributed by atoms with E-state index in [1.54, 1.807) is 11.3 Å². The fourth-order valence-electron chi connectivity index (χ4n) is 3.12. The number of benzene rings is 1. The zero-order valence-electron chi connectivity index (χ0n) is 13.8. The summed E-state index contributed by atoms with van der Waals surface area (Å²) in [6, 6.07) is 8.36. The van der Waals surface area contributed by atoms with E-state index in [-0.39, 0.29) is 0 Å². The zero-order chi connectivity index (χ0) is 16.4. The molecule has 24 heavy (non-hydrogen) atoms. The Bertz CT molecular complexity index is 781. The van der Waals surface area contributed by atoms with Crippen LogP contribution >= 0.6 is 11.3 Å². The van der Waals surface area contributed by atoms with E-state index >= 15 is 0 Å². The van der Waals surface area contributed by atoms with E-state index in [1.165, 1.54) is 9.71 Å². The van der Waals surface area contributed by atoms with E-state index in [2.05, 4.69) is 44.2 Å². The first-order valence-electron chi connectivity index (χ1n) is 8.34. The Kier molecular flexibility index (Phi) is 4.55. The van der Waals surface area contributed by atoms with E-state index < -0.39 is 0 Å². The van der Waals surface area contributed by atoms with Crippen LogP contribution in [-0.4, -0.2) is 51.1 Å². The molecule has 1 saturated heterocycles. The van der Waals surface area contributed by atoms with Crippen molar-refractivity contribution >= 4 is 21.6 Å². The molecule has 0 unspecified atom stereocenters. The number of aryl methyl sites for hydroxylation is 1. The molecule has 0 spiro atoms. The fourth-order valence-corrected chi connectivity index (χ4v) is 4.13. The molecule has 1 aromatic carbocycles. The van der Waals surface area contributed by atoms with Crippen molar-refractivity contribution in [2.45, 2.75) is 26.4 Å².